The molecule has 0 aliphatic heterocycles. The lowest BCUT2D eigenvalue weighted by molar-refractivity contribution is 0.262. The first-order valence-electron chi connectivity index (χ1n) is 8.06. The molecule has 4 aromatic rings. The molecule has 26 heavy (non-hydrogen) atoms. The zero-order valence-electron chi connectivity index (χ0n) is 13.7. The highest BCUT2D eigenvalue weighted by atomic mass is 35.5. The number of nitrogens with one attached hydrogen (secondary N) is 2. The van der Waals surface area contributed by atoms with Crippen molar-refractivity contribution in [2.75, 3.05) is 10.6 Å². The maximum absolute atomic E-state index is 12.2. The fourth-order valence-corrected chi connectivity index (χ4v) is 2.86. The first-order chi connectivity index (χ1) is 12.7. The molecule has 6 heteroatoms. The van der Waals surface area contributed by atoms with E-state index in [0.29, 0.717) is 16.4 Å². The van der Waals surface area contributed by atoms with Crippen LogP contribution in [0, 0.1) is 0 Å². The van der Waals surface area contributed by atoms with E-state index in [1.54, 1.807) is 12.1 Å². The van der Waals surface area contributed by atoms with Crippen molar-refractivity contribution in [1.82, 2.24) is 9.38 Å². The Morgan fingerprint density at radius 1 is 0.962 bits per heavy atom. The van der Waals surface area contributed by atoms with Gasteiger partial charge in [-0.1, -0.05) is 41.9 Å². The van der Waals surface area contributed by atoms with Crippen LogP contribution in [0.4, 0.5) is 16.2 Å². The molecule has 0 bridgehead atoms. The van der Waals surface area contributed by atoms with Gasteiger partial charge >= 0.3 is 6.03 Å². The van der Waals surface area contributed by atoms with Gasteiger partial charge in [-0.05, 0) is 36.4 Å². The Morgan fingerprint density at radius 2 is 1.81 bits per heavy atom. The number of aromatic nitrogens is 2. The van der Waals surface area contributed by atoms with Crippen molar-refractivity contribution in [3.8, 4) is 11.3 Å². The summed E-state index contributed by atoms with van der Waals surface area (Å²) < 4.78 is 1.96. The summed E-state index contributed by atoms with van der Waals surface area (Å²) in [6.45, 7) is 0. The molecule has 0 aliphatic carbocycles. The monoisotopic (exact) mass is 362 g/mol. The average Bonchev–Trinajstić information content (AvgIpc) is 3.08. The standard InChI is InChI=1S/C20H15ClN4O/c21-16-8-1-2-9-17(16)24-20(26)22-15-7-5-6-14(12-15)18-13-25-11-4-3-10-19(25)23-18/h1-13H,(H2,22,24,26). The topological polar surface area (TPSA) is 58.4 Å². The number of urea groups is 1. The smallest absolute Gasteiger partial charge is 0.308 e. The van der Waals surface area contributed by atoms with Gasteiger partial charge in [0.2, 0.25) is 0 Å². The van der Waals surface area contributed by atoms with E-state index < -0.39 is 0 Å². The van der Waals surface area contributed by atoms with Crippen LogP contribution in [0.15, 0.2) is 79.1 Å². The number of rotatable bonds is 3. The number of hydrogen-bond donors (Lipinski definition) is 2. The molecule has 4 rings (SSSR count). The van der Waals surface area contributed by atoms with Crippen LogP contribution < -0.4 is 10.6 Å². The molecule has 2 amide bonds. The third-order valence-corrected chi connectivity index (χ3v) is 4.23. The maximum Gasteiger partial charge on any atom is 0.323 e. The Hall–Kier alpha value is -3.31. The van der Waals surface area contributed by atoms with Crippen molar-refractivity contribution in [2.45, 2.75) is 0 Å². The van der Waals surface area contributed by atoms with Gasteiger partial charge in [0, 0.05) is 23.6 Å². The normalized spacial score (nSPS) is 10.7. The second-order valence-corrected chi connectivity index (χ2v) is 6.14. The van der Waals surface area contributed by atoms with Gasteiger partial charge in [0.15, 0.2) is 0 Å². The highest BCUT2D eigenvalue weighted by Crippen LogP contribution is 2.24. The molecule has 2 N–H and O–H groups in total. The molecule has 0 radical (unpaired) electrons. The fraction of sp³-hybridized carbons (Fsp3) is 0. The third kappa shape index (κ3) is 3.38. The van der Waals surface area contributed by atoms with E-state index in [1.807, 2.05) is 71.4 Å². The minimum Gasteiger partial charge on any atom is -0.308 e. The highest BCUT2D eigenvalue weighted by molar-refractivity contribution is 6.33. The number of fused-ring (bicyclic) bond motifs is 1. The first-order valence-corrected chi connectivity index (χ1v) is 8.43. The summed E-state index contributed by atoms with van der Waals surface area (Å²) in [6.07, 6.45) is 3.91. The molecule has 5 nitrogen and oxygen atoms in total. The first kappa shape index (κ1) is 16.2. The zero-order valence-corrected chi connectivity index (χ0v) is 14.4. The lowest BCUT2D eigenvalue weighted by atomic mass is 10.1. The van der Waals surface area contributed by atoms with Gasteiger partial charge in [-0.25, -0.2) is 9.78 Å². The summed E-state index contributed by atoms with van der Waals surface area (Å²) in [5.74, 6) is 0. The summed E-state index contributed by atoms with van der Waals surface area (Å²) >= 11 is 6.06. The number of carbonyl (C=O) groups is 1. The summed E-state index contributed by atoms with van der Waals surface area (Å²) in [5.41, 5.74) is 3.86. The van der Waals surface area contributed by atoms with Crippen LogP contribution in [-0.4, -0.2) is 15.4 Å². The Bertz CT molecular complexity index is 1060. The van der Waals surface area contributed by atoms with Gasteiger partial charge in [-0.15, -0.1) is 0 Å². The molecule has 0 spiro atoms. The Morgan fingerprint density at radius 3 is 2.65 bits per heavy atom. The predicted octanol–water partition coefficient (Wildman–Crippen LogP) is 5.30. The van der Waals surface area contributed by atoms with Crippen molar-refractivity contribution in [2.24, 2.45) is 0 Å². The molecular weight excluding hydrogens is 348 g/mol. The molecule has 2 heterocycles. The fourth-order valence-electron chi connectivity index (χ4n) is 2.68. The molecule has 0 saturated carbocycles. The minimum atomic E-state index is -0.356. The largest absolute Gasteiger partial charge is 0.323 e. The number of hydrogen-bond acceptors (Lipinski definition) is 2. The van der Waals surface area contributed by atoms with Gasteiger partial charge < -0.3 is 15.0 Å². The number of anilines is 2. The SMILES string of the molecule is O=C(Nc1cccc(-c2cn3ccccc3n2)c1)Nc1ccccc1Cl. The van der Waals surface area contributed by atoms with E-state index in [2.05, 4.69) is 15.6 Å². The Balaban J connectivity index is 1.54. The van der Waals surface area contributed by atoms with E-state index in [-0.39, 0.29) is 6.03 Å². The van der Waals surface area contributed by atoms with Gasteiger partial charge in [-0.3, -0.25) is 0 Å². The second kappa shape index (κ2) is 6.90. The van der Waals surface area contributed by atoms with E-state index in [9.17, 15) is 4.79 Å². The quantitative estimate of drug-likeness (QED) is 0.519. The van der Waals surface area contributed by atoms with Crippen LogP contribution in [0.5, 0.6) is 0 Å². The lowest BCUT2D eigenvalue weighted by Gasteiger charge is -2.09. The van der Waals surface area contributed by atoms with Gasteiger partial charge in [0.25, 0.3) is 0 Å². The molecule has 0 unspecified atom stereocenters. The number of benzene rings is 2. The molecule has 0 fully saturated rings. The number of carbonyl (C=O) groups excluding carboxylic acids is 1. The molecule has 128 valence electrons. The molecule has 0 aliphatic rings. The zero-order chi connectivity index (χ0) is 17.9. The lowest BCUT2D eigenvalue weighted by Crippen LogP contribution is -2.19. The van der Waals surface area contributed by atoms with Crippen LogP contribution >= 0.6 is 11.6 Å². The number of para-hydroxylation sites is 1. The Kier molecular flexibility index (Phi) is 4.29. The minimum absolute atomic E-state index is 0.356. The molecule has 2 aromatic heterocycles. The molecule has 2 aromatic carbocycles. The molecular formula is C20H15ClN4O. The second-order valence-electron chi connectivity index (χ2n) is 5.73. The van der Waals surface area contributed by atoms with Gasteiger partial charge in [0.1, 0.15) is 5.65 Å². The molecule has 0 saturated heterocycles. The van der Waals surface area contributed by atoms with Crippen LogP contribution in [0.25, 0.3) is 16.9 Å². The van der Waals surface area contributed by atoms with Crippen molar-refractivity contribution in [3.63, 3.8) is 0 Å². The van der Waals surface area contributed by atoms with Crippen LogP contribution in [0.3, 0.4) is 0 Å². The highest BCUT2D eigenvalue weighted by Gasteiger charge is 2.08. The number of pyridine rings is 1. The number of imidazole rings is 1. The van der Waals surface area contributed by atoms with E-state index in [4.69, 9.17) is 11.6 Å². The number of halogens is 1. The summed E-state index contributed by atoms with van der Waals surface area (Å²) in [7, 11) is 0. The van der Waals surface area contributed by atoms with E-state index in [0.717, 1.165) is 16.9 Å². The van der Waals surface area contributed by atoms with Crippen LogP contribution in [0.2, 0.25) is 5.02 Å². The molecule has 0 atom stereocenters. The van der Waals surface area contributed by atoms with Crippen LogP contribution in [0.1, 0.15) is 0 Å². The maximum atomic E-state index is 12.2. The van der Waals surface area contributed by atoms with E-state index >= 15 is 0 Å². The van der Waals surface area contributed by atoms with Gasteiger partial charge in [-0.2, -0.15) is 0 Å². The number of nitrogens with zero attached hydrogens (tertiary/aromatic N) is 2. The summed E-state index contributed by atoms with van der Waals surface area (Å²) in [4.78, 5) is 16.8. The third-order valence-electron chi connectivity index (χ3n) is 3.90. The van der Waals surface area contributed by atoms with Crippen molar-refractivity contribution >= 4 is 34.7 Å². The van der Waals surface area contributed by atoms with Crippen molar-refractivity contribution in [3.05, 3.63) is 84.1 Å². The van der Waals surface area contributed by atoms with E-state index in [1.165, 1.54) is 0 Å². The average molecular weight is 363 g/mol. The van der Waals surface area contributed by atoms with Crippen LogP contribution in [-0.2, 0) is 0 Å². The van der Waals surface area contributed by atoms with Crippen molar-refractivity contribution in [1.29, 1.82) is 0 Å². The number of amides is 2. The summed E-state index contributed by atoms with van der Waals surface area (Å²) in [5, 5.41) is 6.04. The summed E-state index contributed by atoms with van der Waals surface area (Å²) in [6, 6.07) is 20.1. The van der Waals surface area contributed by atoms with Gasteiger partial charge in [0.05, 0.1) is 16.4 Å². The Labute approximate surface area is 155 Å². The van der Waals surface area contributed by atoms with Crippen molar-refractivity contribution < 1.29 is 4.79 Å². The predicted molar refractivity (Wildman–Crippen MR) is 105 cm³/mol.